The summed E-state index contributed by atoms with van der Waals surface area (Å²) in [4.78, 5) is 18.9. The molecule has 0 fully saturated rings. The second-order valence-corrected chi connectivity index (χ2v) is 3.44. The molecule has 5 heteroatoms. The number of hydrogen-bond donors (Lipinski definition) is 2. The Balaban J connectivity index is 2.68. The summed E-state index contributed by atoms with van der Waals surface area (Å²) in [5, 5.41) is 0. The summed E-state index contributed by atoms with van der Waals surface area (Å²) in [7, 11) is 0. The number of hydrogen-bond acceptors (Lipinski definition) is 2. The molecule has 0 saturated heterocycles. The Morgan fingerprint density at radius 2 is 1.57 bits per heavy atom. The second kappa shape index (κ2) is 5.81. The van der Waals surface area contributed by atoms with Gasteiger partial charge in [-0.15, -0.1) is 0 Å². The van der Waals surface area contributed by atoms with Crippen molar-refractivity contribution in [2.45, 2.75) is 0 Å². The van der Waals surface area contributed by atoms with Crippen molar-refractivity contribution in [2.24, 2.45) is 0 Å². The van der Waals surface area contributed by atoms with Crippen LogP contribution in [0.15, 0.2) is 0 Å². The van der Waals surface area contributed by atoms with Gasteiger partial charge in [0.05, 0.1) is 0 Å². The number of carbonyl (C=O) groups is 2. The van der Waals surface area contributed by atoms with Crippen LogP contribution in [0.25, 0.3) is 0 Å². The third kappa shape index (κ3) is 5.81. The van der Waals surface area contributed by atoms with E-state index in [1.165, 1.54) is 0 Å². The molecule has 0 heterocycles. The molecule has 0 bridgehead atoms. The van der Waals surface area contributed by atoms with Crippen LogP contribution in [0.5, 0.6) is 0 Å². The zero-order valence-electron chi connectivity index (χ0n) is 3.55. The molecule has 0 aliphatic rings. The summed E-state index contributed by atoms with van der Waals surface area (Å²) in [6, 6.07) is 0. The Morgan fingerprint density at radius 1 is 1.14 bits per heavy atom. The third-order valence-corrected chi connectivity index (χ3v) is 2.03. The van der Waals surface area contributed by atoms with Crippen LogP contribution in [0.2, 0.25) is 0 Å². The van der Waals surface area contributed by atoms with Gasteiger partial charge >= 0.3 is 52.5 Å². The molecule has 7 heavy (non-hydrogen) atoms. The van der Waals surface area contributed by atoms with Crippen molar-refractivity contribution in [3.8, 4) is 0 Å². The van der Waals surface area contributed by atoms with Gasteiger partial charge in [0, 0.05) is 0 Å². The summed E-state index contributed by atoms with van der Waals surface area (Å²) in [5.74, 6) is 0. The molecule has 0 saturated carbocycles. The Labute approximate surface area is 52.8 Å². The molecular weight excluding hydrogens is 199 g/mol. The van der Waals surface area contributed by atoms with E-state index < -0.39 is 23.5 Å². The van der Waals surface area contributed by atoms with Crippen LogP contribution in [0, 0.1) is 0 Å². The van der Waals surface area contributed by atoms with E-state index in [2.05, 4.69) is 6.61 Å². The van der Waals surface area contributed by atoms with E-state index in [9.17, 15) is 9.59 Å². The fraction of sp³-hybridized carbons (Fsp3) is 0. The normalized spacial score (nSPS) is 6.29. The van der Waals surface area contributed by atoms with E-state index in [-0.39, 0.29) is 0 Å². The second-order valence-electron chi connectivity index (χ2n) is 0.713. The van der Waals surface area contributed by atoms with E-state index in [4.69, 9.17) is 0 Å². The average Bonchev–Trinajstić information content (AvgIpc) is 1.69. The van der Waals surface area contributed by atoms with Crippen LogP contribution < -0.4 is 6.61 Å². The molecule has 1 radical (unpaired) electrons. The molecule has 0 atom stereocenters. The summed E-state index contributed by atoms with van der Waals surface area (Å²) >= 11 is -1.20. The first-order chi connectivity index (χ1) is 3.41. The van der Waals surface area contributed by atoms with E-state index in [1.807, 2.05) is 0 Å². The van der Waals surface area contributed by atoms with Gasteiger partial charge in [0.25, 0.3) is 0 Å². The van der Waals surface area contributed by atoms with E-state index in [1.54, 1.807) is 0 Å². The Bertz CT molecular complexity index is 58.7. The molecule has 0 aliphatic heterocycles. The minimum absolute atomic E-state index is 0.595. The van der Waals surface area contributed by atoms with Gasteiger partial charge in [0.1, 0.15) is 0 Å². The maximum atomic E-state index is 9.46. The van der Waals surface area contributed by atoms with Crippen molar-refractivity contribution in [2.75, 3.05) is 0 Å². The molecule has 4 nitrogen and oxygen atoms in total. The van der Waals surface area contributed by atoms with Gasteiger partial charge in [-0.2, -0.15) is 0 Å². The fourth-order valence-corrected chi connectivity index (χ4v) is 0.779. The van der Waals surface area contributed by atoms with Gasteiger partial charge in [0.15, 0.2) is 0 Å². The van der Waals surface area contributed by atoms with Crippen molar-refractivity contribution in [1.82, 2.24) is 6.61 Å². The predicted octanol–water partition coefficient (Wildman–Crippen LogP) is -1.99. The summed E-state index contributed by atoms with van der Waals surface area (Å²) in [6.45, 7) is 0. The van der Waals surface area contributed by atoms with E-state index in [0.717, 1.165) is 0 Å². The molecule has 0 aromatic rings. The van der Waals surface area contributed by atoms with Gasteiger partial charge < -0.3 is 0 Å². The standard InChI is InChI=1S/2CH3NO.In/c2*2-1-3;/h2*1H,(H2,2,3);/q;;+2/p-2. The van der Waals surface area contributed by atoms with Crippen LogP contribution in [0.1, 0.15) is 0 Å². The first-order valence-corrected chi connectivity index (χ1v) is 4.92. The average molecular weight is 203 g/mol. The van der Waals surface area contributed by atoms with Crippen LogP contribution in [-0.4, -0.2) is 36.3 Å². The molecule has 0 aliphatic carbocycles. The van der Waals surface area contributed by atoms with Crippen molar-refractivity contribution in [3.05, 3.63) is 0 Å². The summed E-state index contributed by atoms with van der Waals surface area (Å²) in [6.07, 6.45) is 1.19. The van der Waals surface area contributed by atoms with Gasteiger partial charge in [-0.3, -0.25) is 0 Å². The zero-order valence-corrected chi connectivity index (χ0v) is 6.84. The zero-order chi connectivity index (χ0) is 5.54. The molecule has 0 unspecified atom stereocenters. The molecule has 0 aromatic carbocycles. The van der Waals surface area contributed by atoms with Crippen molar-refractivity contribution >= 4 is 36.3 Å². The Kier molecular flexibility index (Phi) is 5.65. The number of rotatable bonds is 4. The number of amides is 2. The monoisotopic (exact) mass is 203 g/mol. The van der Waals surface area contributed by atoms with E-state index in [0.29, 0.717) is 12.8 Å². The summed E-state index contributed by atoms with van der Waals surface area (Å²) in [5.41, 5.74) is 0. The molecule has 37 valence electrons. The first-order valence-electron chi connectivity index (χ1n) is 1.63. The third-order valence-electron chi connectivity index (χ3n) is 0.303. The number of nitrogens with one attached hydrogen (secondary N) is 2. The minimum atomic E-state index is -1.20. The molecule has 0 aromatic heterocycles. The molecule has 0 rings (SSSR count). The summed E-state index contributed by atoms with van der Waals surface area (Å²) < 4.78 is 4.83. The molecule has 2 amide bonds. The van der Waals surface area contributed by atoms with Crippen LogP contribution in [-0.2, 0) is 9.59 Å². The van der Waals surface area contributed by atoms with Crippen molar-refractivity contribution in [1.29, 1.82) is 0 Å². The van der Waals surface area contributed by atoms with Crippen molar-refractivity contribution in [3.63, 3.8) is 0 Å². The van der Waals surface area contributed by atoms with Gasteiger partial charge in [-0.25, -0.2) is 0 Å². The van der Waals surface area contributed by atoms with Gasteiger partial charge in [-0.1, -0.05) is 0 Å². The maximum absolute atomic E-state index is 9.46. The first kappa shape index (κ1) is 6.81. The SMILES string of the molecule is O=C[NH][In][NH]C=O. The fourth-order valence-electron chi connectivity index (χ4n) is 0.116. The van der Waals surface area contributed by atoms with Gasteiger partial charge in [0.2, 0.25) is 0 Å². The van der Waals surface area contributed by atoms with Gasteiger partial charge in [-0.05, 0) is 0 Å². The predicted molar refractivity (Wildman–Crippen MR) is 24.2 cm³/mol. The Morgan fingerprint density at radius 3 is 1.86 bits per heavy atom. The topological polar surface area (TPSA) is 58.2 Å². The van der Waals surface area contributed by atoms with Crippen LogP contribution >= 0.6 is 0 Å². The van der Waals surface area contributed by atoms with E-state index >= 15 is 0 Å². The van der Waals surface area contributed by atoms with Crippen molar-refractivity contribution < 1.29 is 9.59 Å². The molecule has 0 spiro atoms. The van der Waals surface area contributed by atoms with Crippen LogP contribution in [0.4, 0.5) is 0 Å². The quantitative estimate of drug-likeness (QED) is 0.410. The van der Waals surface area contributed by atoms with Crippen LogP contribution in [0.3, 0.4) is 0 Å². The molecule has 2 N–H and O–H groups in total. The number of carbonyl (C=O) groups excluding carboxylic acids is 2. The molecular formula is C2H4InN2O2. The Hall–Kier alpha value is -0.190.